The molecule has 530 valence electrons. The van der Waals surface area contributed by atoms with E-state index in [-0.39, 0.29) is 86.8 Å². The molecule has 13 atom stereocenters. The molecule has 15 rings (SSSR count). The lowest BCUT2D eigenvalue weighted by atomic mass is 9.69. The highest BCUT2D eigenvalue weighted by molar-refractivity contribution is 6.33. The Kier molecular flexibility index (Phi) is 18.8. The number of carboxylic acids is 1. The van der Waals surface area contributed by atoms with Gasteiger partial charge in [-0.1, -0.05) is 54.6 Å². The quantitative estimate of drug-likeness (QED) is 0.0827. The highest BCUT2D eigenvalue weighted by atomic mass is 35.5. The van der Waals surface area contributed by atoms with Gasteiger partial charge in [-0.3, -0.25) is 33.8 Å². The molecule has 1 spiro atoms. The van der Waals surface area contributed by atoms with Crippen molar-refractivity contribution in [3.63, 3.8) is 0 Å². The summed E-state index contributed by atoms with van der Waals surface area (Å²) in [4.78, 5) is 98.1. The minimum absolute atomic E-state index is 0. The van der Waals surface area contributed by atoms with Gasteiger partial charge in [0.25, 0.3) is 0 Å². The molecular weight excluding hydrogens is 1340 g/mol. The summed E-state index contributed by atoms with van der Waals surface area (Å²) in [5, 5.41) is 117. The van der Waals surface area contributed by atoms with E-state index in [0.29, 0.717) is 5.71 Å². The number of rotatable bonds is 11. The molecule has 2 fully saturated rings. The fourth-order valence-electron chi connectivity index (χ4n) is 15.4. The van der Waals surface area contributed by atoms with Crippen molar-refractivity contribution in [1.82, 2.24) is 4.90 Å². The molecule has 5 aromatic carbocycles. The number of para-hydroxylation sites is 1. The Morgan fingerprint density at radius 3 is 1.53 bits per heavy atom. The number of ether oxygens (including phenoxy) is 6. The fraction of sp³-hybridized carbons (Fsp3) is 0.361. The van der Waals surface area contributed by atoms with Crippen LogP contribution in [0.1, 0.15) is 143 Å². The second-order valence-electron chi connectivity index (χ2n) is 26.1. The second-order valence-corrected chi connectivity index (χ2v) is 26.1. The summed E-state index contributed by atoms with van der Waals surface area (Å²) in [6.45, 7) is 1.93. The number of nitrogens with zero attached hydrogens (tertiary/aromatic N) is 2. The van der Waals surface area contributed by atoms with Gasteiger partial charge in [0.1, 0.15) is 64.3 Å². The van der Waals surface area contributed by atoms with Gasteiger partial charge in [0.05, 0.1) is 101 Å². The highest BCUT2D eigenvalue weighted by Gasteiger charge is 2.56. The molecule has 0 aromatic heterocycles. The first-order chi connectivity index (χ1) is 47.6. The fourth-order valence-corrected chi connectivity index (χ4v) is 15.4. The number of hydrogen-bond acceptors (Lipinski definition) is 27. The van der Waals surface area contributed by atoms with Gasteiger partial charge < -0.3 is 101 Å². The van der Waals surface area contributed by atoms with Crippen molar-refractivity contribution in [1.29, 1.82) is 0 Å². The number of phenolic OH excluding ortho intramolecular Hbond substituents is 4. The molecule has 0 amide bonds. The topological polar surface area (TPSA) is 465 Å². The zero-order chi connectivity index (χ0) is 71.7. The number of Topliss-reactive ketones (excluding diaryl/α,β-unsaturated/α-hetero) is 2. The summed E-state index contributed by atoms with van der Waals surface area (Å²) in [6, 6.07) is 15.2. The van der Waals surface area contributed by atoms with Crippen LogP contribution in [0.5, 0.6) is 34.5 Å². The Bertz CT molecular complexity index is 4350. The van der Waals surface area contributed by atoms with Crippen molar-refractivity contribution in [3.8, 4) is 34.5 Å². The van der Waals surface area contributed by atoms with Gasteiger partial charge in [-0.2, -0.15) is 0 Å². The van der Waals surface area contributed by atoms with Crippen LogP contribution in [0.15, 0.2) is 113 Å². The number of fused-ring (bicyclic) bond motifs is 7. The summed E-state index contributed by atoms with van der Waals surface area (Å²) >= 11 is 0. The molecule has 5 aromatic rings. The van der Waals surface area contributed by atoms with Crippen molar-refractivity contribution in [2.45, 2.75) is 130 Å². The molecule has 5 heterocycles. The standard InChI is InChI=1S/2C27H29NO11.C18H12N2O2.ClH/c2*1-10-22(31)13(28)6-17(38-10)39-15-8-27(36,16(30)9-29)7-12-19(15)26(35)21-20(24(12)33)23(32)11-4-3-5-14(37-2)18(11)25(21)34;21-17(22)12-10-11-4-3-8-20-9-7-18(16(11)20)13-5-1-2-6-14(13)19-15(12)18;/h2*3-5,10,13,15,17,22,29,31,33,35-36H,6-9,28H2,1-2H3;1-7,9-10H,8H2,(H,21,22);1H/t2*10-,13-,15-,17-,22+,27-;;/m00../s1. The lowest BCUT2D eigenvalue weighted by molar-refractivity contribution is -0.247. The minimum atomic E-state index is -2.24. The maximum Gasteiger partial charge on any atom is 0.337 e. The SMILES string of the molecule is COc1cccc2c1C(=O)c1c(O)c3c(c(O)c1C2=O)C[C@@](O)(C(=O)CO)C[C@@H]3O[C@H]1C[C@H](N)[C@H](O)[C@H](C)O1.COc1cccc2c1C(=O)c1c(O)c3c(c(O)c1C2=O)C[C@@](O)(C(=O)CO)C[C@@H]3O[C@H]1C[C@H](N)[C@H](O)[C@H](C)O1.Cl.O=C(O)C1=CC2=C3N(C=CC34C1=Nc1ccccc14)CC=C2. The maximum atomic E-state index is 13.6. The molecule has 0 radical (unpaired) electrons. The molecule has 29 heteroatoms. The molecule has 28 nitrogen and oxygen atoms in total. The predicted octanol–water partition coefficient (Wildman–Crippen LogP) is 3.11. The summed E-state index contributed by atoms with van der Waals surface area (Å²) < 4.78 is 34.0. The number of phenols is 4. The molecule has 5 aliphatic carbocycles. The normalized spacial score (nSPS) is 28.8. The first kappa shape index (κ1) is 71.5. The van der Waals surface area contributed by atoms with Crippen molar-refractivity contribution < 1.29 is 118 Å². The molecule has 2 saturated heterocycles. The molecule has 5 aliphatic heterocycles. The van der Waals surface area contributed by atoms with Crippen LogP contribution in [0.25, 0.3) is 0 Å². The van der Waals surface area contributed by atoms with Gasteiger partial charge >= 0.3 is 5.97 Å². The number of allylic oxidation sites excluding steroid dienone is 4. The van der Waals surface area contributed by atoms with Crippen molar-refractivity contribution in [2.24, 2.45) is 16.5 Å². The highest BCUT2D eigenvalue weighted by Crippen LogP contribution is 2.58. The molecule has 10 aliphatic rings. The van der Waals surface area contributed by atoms with Crippen molar-refractivity contribution in [2.75, 3.05) is 34.0 Å². The summed E-state index contributed by atoms with van der Waals surface area (Å²) in [7, 11) is 2.64. The largest absolute Gasteiger partial charge is 0.507 e. The van der Waals surface area contributed by atoms with Crippen LogP contribution in [0, 0.1) is 0 Å². The lowest BCUT2D eigenvalue weighted by Gasteiger charge is -2.42. The Labute approximate surface area is 580 Å². The molecule has 0 bridgehead atoms. The van der Waals surface area contributed by atoms with Gasteiger partial charge in [-0.25, -0.2) is 4.79 Å². The van der Waals surface area contributed by atoms with Gasteiger partial charge in [-0.15, -0.1) is 12.4 Å². The Morgan fingerprint density at radius 2 is 1.10 bits per heavy atom. The minimum Gasteiger partial charge on any atom is -0.507 e. The van der Waals surface area contributed by atoms with Gasteiger partial charge in [0, 0.05) is 102 Å². The molecule has 1 unspecified atom stereocenters. The smallest absolute Gasteiger partial charge is 0.337 e. The van der Waals surface area contributed by atoms with E-state index >= 15 is 0 Å². The van der Waals surface area contributed by atoms with E-state index in [2.05, 4.69) is 28.2 Å². The number of nitrogens with two attached hydrogens (primary N) is 2. The van der Waals surface area contributed by atoms with Crippen LogP contribution in [0.3, 0.4) is 0 Å². The monoisotopic (exact) mass is 1410 g/mol. The summed E-state index contributed by atoms with van der Waals surface area (Å²) in [5.74, 6) is -8.48. The van der Waals surface area contributed by atoms with E-state index in [1.54, 1.807) is 19.9 Å². The average Bonchev–Trinajstić information content (AvgIpc) is 1.65. The Balaban J connectivity index is 0.000000148. The van der Waals surface area contributed by atoms with Crippen LogP contribution in [-0.2, 0) is 51.6 Å². The van der Waals surface area contributed by atoms with Gasteiger partial charge in [-0.05, 0) is 55.3 Å². The van der Waals surface area contributed by atoms with Crippen molar-refractivity contribution in [3.05, 3.63) is 180 Å². The van der Waals surface area contributed by atoms with Gasteiger partial charge in [0.2, 0.25) is 11.6 Å². The van der Waals surface area contributed by atoms with Crippen LogP contribution >= 0.6 is 12.4 Å². The lowest BCUT2D eigenvalue weighted by Crippen LogP contribution is -2.53. The number of aromatic hydroxyl groups is 4. The maximum absolute atomic E-state index is 13.6. The number of aliphatic carboxylic acids is 1. The van der Waals surface area contributed by atoms with E-state index in [1.165, 1.54) is 50.6 Å². The van der Waals surface area contributed by atoms with E-state index in [4.69, 9.17) is 39.9 Å². The zero-order valence-electron chi connectivity index (χ0n) is 54.5. The molecule has 0 saturated carbocycles. The zero-order valence-corrected chi connectivity index (χ0v) is 55.3. The molecular formula is C72H71ClN4O24. The number of hydrogen-bond donors (Lipinski definition) is 13. The van der Waals surface area contributed by atoms with Crippen LogP contribution in [0.2, 0.25) is 0 Å². The molecule has 15 N–H and O–H groups in total. The number of benzene rings is 5. The van der Waals surface area contributed by atoms with E-state index in [0.717, 1.165) is 29.1 Å². The first-order valence-corrected chi connectivity index (χ1v) is 32.1. The first-order valence-electron chi connectivity index (χ1n) is 32.1. The number of aliphatic imine (C=N–C) groups is 1. The summed E-state index contributed by atoms with van der Waals surface area (Å²) in [6.07, 6.45) is -0.284. The number of carboxylic acid groups (broad SMARTS) is 1. The molecule has 101 heavy (non-hydrogen) atoms. The number of ketones is 6. The van der Waals surface area contributed by atoms with E-state index in [9.17, 15) is 89.7 Å². The third-order valence-corrected chi connectivity index (χ3v) is 20.4. The van der Waals surface area contributed by atoms with Gasteiger partial charge in [0.15, 0.2) is 35.7 Å². The predicted molar refractivity (Wildman–Crippen MR) is 354 cm³/mol. The van der Waals surface area contributed by atoms with E-state index in [1.807, 2.05) is 30.3 Å². The van der Waals surface area contributed by atoms with Crippen LogP contribution in [-0.4, -0.2) is 202 Å². The van der Waals surface area contributed by atoms with Crippen LogP contribution < -0.4 is 20.9 Å². The third kappa shape index (κ3) is 11.2. The average molecular weight is 1410 g/mol. The number of aliphatic hydroxyl groups excluding tert-OH is 4. The summed E-state index contributed by atoms with van der Waals surface area (Å²) in [5.41, 5.74) is 9.14. The number of carbonyl (C=O) groups excluding carboxylic acids is 6. The number of methoxy groups -OCH3 is 2. The van der Waals surface area contributed by atoms with E-state index < -0.39 is 203 Å². The van der Waals surface area contributed by atoms with Crippen molar-refractivity contribution >= 4 is 64.5 Å². The Hall–Kier alpha value is -9.37. The third-order valence-electron chi connectivity index (χ3n) is 20.4. The second kappa shape index (κ2) is 26.5. The number of carbonyl (C=O) groups is 7. The Morgan fingerprint density at radius 1 is 0.644 bits per heavy atom. The van der Waals surface area contributed by atoms with Crippen LogP contribution in [0.4, 0.5) is 5.69 Å². The number of aliphatic hydroxyl groups is 6. The number of halogens is 1.